The molecule has 1 atom stereocenters. The van der Waals surface area contributed by atoms with Crippen molar-refractivity contribution in [1.82, 2.24) is 0 Å². The van der Waals surface area contributed by atoms with Gasteiger partial charge in [0.25, 0.3) is 0 Å². The van der Waals surface area contributed by atoms with Gasteiger partial charge in [0.2, 0.25) is 0 Å². The fourth-order valence-electron chi connectivity index (χ4n) is 2.17. The number of aryl methyl sites for hydroxylation is 2. The molecule has 1 aromatic carbocycles. The third kappa shape index (κ3) is 3.34. The summed E-state index contributed by atoms with van der Waals surface area (Å²) in [6, 6.07) is 6.47. The van der Waals surface area contributed by atoms with E-state index in [1.165, 1.54) is 16.7 Å². The number of hydrogen-bond acceptors (Lipinski definition) is 1. The molecule has 0 saturated carbocycles. The number of benzene rings is 1. The molecule has 1 rings (SSSR count). The Labute approximate surface area is 99.5 Å². The smallest absolute Gasteiger partial charge is 0.0608 e. The molecular weight excluding hydrogens is 196 g/mol. The van der Waals surface area contributed by atoms with Crippen LogP contribution in [0.25, 0.3) is 0 Å². The maximum Gasteiger partial charge on any atom is 0.0608 e. The average molecular weight is 220 g/mol. The van der Waals surface area contributed by atoms with Crippen LogP contribution in [0.1, 0.15) is 43.4 Å². The van der Waals surface area contributed by atoms with Crippen LogP contribution >= 0.6 is 0 Å². The Balaban J connectivity index is 2.69. The predicted molar refractivity (Wildman–Crippen MR) is 69.7 cm³/mol. The summed E-state index contributed by atoms with van der Waals surface area (Å²) in [5.41, 5.74) is 3.89. The molecule has 0 fully saturated rings. The summed E-state index contributed by atoms with van der Waals surface area (Å²) in [4.78, 5) is 0. The van der Waals surface area contributed by atoms with Gasteiger partial charge in [0.1, 0.15) is 0 Å². The Morgan fingerprint density at radius 2 is 1.69 bits per heavy atom. The molecule has 0 saturated heterocycles. The average Bonchev–Trinajstić information content (AvgIpc) is 2.25. The van der Waals surface area contributed by atoms with E-state index in [2.05, 4.69) is 45.9 Å². The van der Waals surface area contributed by atoms with E-state index in [0.29, 0.717) is 5.92 Å². The zero-order valence-corrected chi connectivity index (χ0v) is 11.0. The largest absolute Gasteiger partial charge is 0.392 e. The van der Waals surface area contributed by atoms with Gasteiger partial charge in [-0.25, -0.2) is 0 Å². The van der Waals surface area contributed by atoms with Crippen LogP contribution in [-0.4, -0.2) is 11.2 Å². The SMILES string of the molecule is CCC(CC)C(O)Cc1ccc(C)c(C)c1. The lowest BCUT2D eigenvalue weighted by Crippen LogP contribution is -2.21. The van der Waals surface area contributed by atoms with Gasteiger partial charge < -0.3 is 5.11 Å². The lowest BCUT2D eigenvalue weighted by atomic mass is 9.91. The third-order valence-corrected chi connectivity index (χ3v) is 3.61. The molecule has 0 aliphatic heterocycles. The van der Waals surface area contributed by atoms with Crippen LogP contribution in [-0.2, 0) is 6.42 Å². The second-order valence-corrected chi connectivity index (χ2v) is 4.77. The van der Waals surface area contributed by atoms with Crippen LogP contribution < -0.4 is 0 Å². The molecule has 1 unspecified atom stereocenters. The molecule has 16 heavy (non-hydrogen) atoms. The quantitative estimate of drug-likeness (QED) is 0.803. The molecule has 0 amide bonds. The van der Waals surface area contributed by atoms with Crippen molar-refractivity contribution in [2.75, 3.05) is 0 Å². The van der Waals surface area contributed by atoms with E-state index in [1.807, 2.05) is 0 Å². The predicted octanol–water partition coefficient (Wildman–Crippen LogP) is 3.64. The molecule has 0 aromatic heterocycles. The van der Waals surface area contributed by atoms with Crippen LogP contribution in [0.3, 0.4) is 0 Å². The molecule has 0 spiro atoms. The fraction of sp³-hybridized carbons (Fsp3) is 0.600. The van der Waals surface area contributed by atoms with Crippen molar-refractivity contribution in [3.05, 3.63) is 34.9 Å². The van der Waals surface area contributed by atoms with Gasteiger partial charge >= 0.3 is 0 Å². The minimum Gasteiger partial charge on any atom is -0.392 e. The van der Waals surface area contributed by atoms with E-state index in [0.717, 1.165) is 19.3 Å². The van der Waals surface area contributed by atoms with E-state index in [4.69, 9.17) is 0 Å². The van der Waals surface area contributed by atoms with Crippen molar-refractivity contribution in [2.45, 2.75) is 53.1 Å². The number of rotatable bonds is 5. The van der Waals surface area contributed by atoms with Crippen LogP contribution in [0, 0.1) is 19.8 Å². The molecule has 1 nitrogen and oxygen atoms in total. The monoisotopic (exact) mass is 220 g/mol. The molecule has 1 heteroatoms. The Bertz CT molecular complexity index is 326. The van der Waals surface area contributed by atoms with E-state index < -0.39 is 0 Å². The standard InChI is InChI=1S/C15H24O/c1-5-14(6-2)15(16)10-13-8-7-11(3)12(4)9-13/h7-9,14-16H,5-6,10H2,1-4H3. The Morgan fingerprint density at radius 3 is 2.19 bits per heavy atom. The molecule has 0 radical (unpaired) electrons. The van der Waals surface area contributed by atoms with Crippen LogP contribution in [0.15, 0.2) is 18.2 Å². The van der Waals surface area contributed by atoms with Gasteiger partial charge in [-0.3, -0.25) is 0 Å². The zero-order chi connectivity index (χ0) is 12.1. The lowest BCUT2D eigenvalue weighted by Gasteiger charge is -2.20. The summed E-state index contributed by atoms with van der Waals surface area (Å²) >= 11 is 0. The minimum atomic E-state index is -0.197. The summed E-state index contributed by atoms with van der Waals surface area (Å²) in [6.07, 6.45) is 2.70. The maximum atomic E-state index is 10.1. The summed E-state index contributed by atoms with van der Waals surface area (Å²) in [6.45, 7) is 8.55. The van der Waals surface area contributed by atoms with Gasteiger partial charge in [-0.1, -0.05) is 44.9 Å². The van der Waals surface area contributed by atoms with Crippen molar-refractivity contribution in [3.63, 3.8) is 0 Å². The van der Waals surface area contributed by atoms with E-state index in [9.17, 15) is 5.11 Å². The Hall–Kier alpha value is -0.820. The first-order chi connectivity index (χ1) is 7.58. The van der Waals surface area contributed by atoms with Gasteiger partial charge in [0.05, 0.1) is 6.10 Å². The number of aliphatic hydroxyl groups excluding tert-OH is 1. The molecular formula is C15H24O. The minimum absolute atomic E-state index is 0.197. The highest BCUT2D eigenvalue weighted by molar-refractivity contribution is 5.30. The van der Waals surface area contributed by atoms with Crippen molar-refractivity contribution in [1.29, 1.82) is 0 Å². The van der Waals surface area contributed by atoms with Crippen LogP contribution in [0.5, 0.6) is 0 Å². The Morgan fingerprint density at radius 1 is 1.06 bits per heavy atom. The Kier molecular flexibility index (Phi) is 5.01. The first-order valence-corrected chi connectivity index (χ1v) is 6.32. The van der Waals surface area contributed by atoms with E-state index in [-0.39, 0.29) is 6.10 Å². The van der Waals surface area contributed by atoms with Gasteiger partial charge in [-0.15, -0.1) is 0 Å². The van der Waals surface area contributed by atoms with Gasteiger partial charge in [0.15, 0.2) is 0 Å². The summed E-state index contributed by atoms with van der Waals surface area (Å²) in [7, 11) is 0. The molecule has 90 valence electrons. The highest BCUT2D eigenvalue weighted by Crippen LogP contribution is 2.18. The van der Waals surface area contributed by atoms with Crippen molar-refractivity contribution in [3.8, 4) is 0 Å². The second-order valence-electron chi connectivity index (χ2n) is 4.77. The fourth-order valence-corrected chi connectivity index (χ4v) is 2.17. The summed E-state index contributed by atoms with van der Waals surface area (Å²) < 4.78 is 0. The van der Waals surface area contributed by atoms with Crippen molar-refractivity contribution >= 4 is 0 Å². The molecule has 1 aromatic rings. The molecule has 0 aliphatic rings. The van der Waals surface area contributed by atoms with Gasteiger partial charge in [-0.2, -0.15) is 0 Å². The van der Waals surface area contributed by atoms with Gasteiger partial charge in [-0.05, 0) is 42.9 Å². The second kappa shape index (κ2) is 6.05. The van der Waals surface area contributed by atoms with Crippen LogP contribution in [0.2, 0.25) is 0 Å². The summed E-state index contributed by atoms with van der Waals surface area (Å²) in [5.74, 6) is 0.432. The molecule has 1 N–H and O–H groups in total. The maximum absolute atomic E-state index is 10.1. The topological polar surface area (TPSA) is 20.2 Å². The normalized spacial score (nSPS) is 13.1. The number of hydrogen-bond donors (Lipinski definition) is 1. The molecule has 0 heterocycles. The molecule has 0 aliphatic carbocycles. The highest BCUT2D eigenvalue weighted by Gasteiger charge is 2.15. The zero-order valence-electron chi connectivity index (χ0n) is 11.0. The van der Waals surface area contributed by atoms with E-state index >= 15 is 0 Å². The first-order valence-electron chi connectivity index (χ1n) is 6.32. The summed E-state index contributed by atoms with van der Waals surface area (Å²) in [5, 5.41) is 10.1. The molecule has 0 bridgehead atoms. The van der Waals surface area contributed by atoms with Crippen molar-refractivity contribution < 1.29 is 5.11 Å². The number of aliphatic hydroxyl groups is 1. The van der Waals surface area contributed by atoms with Crippen LogP contribution in [0.4, 0.5) is 0 Å². The third-order valence-electron chi connectivity index (χ3n) is 3.61. The van der Waals surface area contributed by atoms with Crippen molar-refractivity contribution in [2.24, 2.45) is 5.92 Å². The van der Waals surface area contributed by atoms with Gasteiger partial charge in [0, 0.05) is 0 Å². The highest BCUT2D eigenvalue weighted by atomic mass is 16.3. The lowest BCUT2D eigenvalue weighted by molar-refractivity contribution is 0.103. The first kappa shape index (κ1) is 13.2. The van der Waals surface area contributed by atoms with E-state index in [1.54, 1.807) is 0 Å².